The SMILES string of the molecule is O=C(COc1ccc(OCc2ccccc2)cc1)OCC(=O)N1N=C(c2ccc(Cl)cc2)CC1c1ccco1. The molecule has 9 heteroatoms. The Hall–Kier alpha value is -4.56. The Kier molecular flexibility index (Phi) is 8.23. The standard InChI is InChI=1S/C30H25ClN2O6/c31-23-10-8-22(9-11-23)26-17-27(28-7-4-16-36-28)33(32-26)29(34)19-39-30(35)20-38-25-14-12-24(13-15-25)37-18-21-5-2-1-3-6-21/h1-16,27H,17-20H2. The Morgan fingerprint density at radius 1 is 0.872 bits per heavy atom. The van der Waals surface area contributed by atoms with E-state index >= 15 is 0 Å². The number of hydrogen-bond acceptors (Lipinski definition) is 7. The third-order valence-electron chi connectivity index (χ3n) is 6.00. The van der Waals surface area contributed by atoms with E-state index in [0.717, 1.165) is 11.1 Å². The molecule has 1 amide bonds. The number of carbonyl (C=O) groups is 2. The molecule has 0 fully saturated rings. The zero-order chi connectivity index (χ0) is 27.0. The minimum atomic E-state index is -0.677. The number of furan rings is 1. The number of rotatable bonds is 10. The molecule has 0 aliphatic carbocycles. The number of halogens is 1. The molecule has 0 spiro atoms. The zero-order valence-corrected chi connectivity index (χ0v) is 21.6. The summed E-state index contributed by atoms with van der Waals surface area (Å²) >= 11 is 6.00. The van der Waals surface area contributed by atoms with Crippen LogP contribution in [0.2, 0.25) is 5.02 Å². The predicted octanol–water partition coefficient (Wildman–Crippen LogP) is 5.81. The molecule has 0 bridgehead atoms. The molecule has 0 saturated carbocycles. The molecule has 4 aromatic rings. The second kappa shape index (κ2) is 12.3. The molecule has 1 aliphatic heterocycles. The molecule has 2 heterocycles. The fourth-order valence-electron chi connectivity index (χ4n) is 4.02. The average Bonchev–Trinajstić information content (AvgIpc) is 3.66. The van der Waals surface area contributed by atoms with Crippen molar-refractivity contribution < 1.29 is 28.2 Å². The molecular formula is C30H25ClN2O6. The topological polar surface area (TPSA) is 90.6 Å². The maximum atomic E-state index is 13.0. The van der Waals surface area contributed by atoms with E-state index in [9.17, 15) is 9.59 Å². The number of ether oxygens (including phenoxy) is 3. The van der Waals surface area contributed by atoms with Gasteiger partial charge >= 0.3 is 5.97 Å². The lowest BCUT2D eigenvalue weighted by molar-refractivity contribution is -0.154. The number of carbonyl (C=O) groups excluding carboxylic acids is 2. The molecule has 198 valence electrons. The Labute approximate surface area is 230 Å². The van der Waals surface area contributed by atoms with Crippen LogP contribution in [0.25, 0.3) is 0 Å². The Bertz CT molecular complexity index is 1420. The first kappa shape index (κ1) is 26.1. The highest BCUT2D eigenvalue weighted by Crippen LogP contribution is 2.33. The van der Waals surface area contributed by atoms with Gasteiger partial charge in [-0.15, -0.1) is 0 Å². The summed E-state index contributed by atoms with van der Waals surface area (Å²) in [7, 11) is 0. The molecule has 1 aromatic heterocycles. The Morgan fingerprint density at radius 3 is 2.28 bits per heavy atom. The number of hydrogen-bond donors (Lipinski definition) is 0. The summed E-state index contributed by atoms with van der Waals surface area (Å²) in [5, 5.41) is 6.40. The average molecular weight is 545 g/mol. The van der Waals surface area contributed by atoms with Gasteiger partial charge in [0.25, 0.3) is 5.91 Å². The minimum Gasteiger partial charge on any atom is -0.489 e. The molecule has 0 radical (unpaired) electrons. The van der Waals surface area contributed by atoms with Gasteiger partial charge in [-0.3, -0.25) is 4.79 Å². The molecule has 1 atom stereocenters. The van der Waals surface area contributed by atoms with Gasteiger partial charge in [0.05, 0.1) is 12.0 Å². The van der Waals surface area contributed by atoms with E-state index in [4.69, 9.17) is 30.2 Å². The summed E-state index contributed by atoms with van der Waals surface area (Å²) in [6.07, 6.45) is 1.99. The molecule has 39 heavy (non-hydrogen) atoms. The Balaban J connectivity index is 1.12. The lowest BCUT2D eigenvalue weighted by atomic mass is 10.0. The maximum Gasteiger partial charge on any atom is 0.344 e. The fourth-order valence-corrected chi connectivity index (χ4v) is 4.15. The van der Waals surface area contributed by atoms with Gasteiger partial charge in [0.1, 0.15) is 29.9 Å². The van der Waals surface area contributed by atoms with Crippen LogP contribution >= 0.6 is 11.6 Å². The highest BCUT2D eigenvalue weighted by molar-refractivity contribution is 6.30. The predicted molar refractivity (Wildman–Crippen MR) is 145 cm³/mol. The second-order valence-corrected chi connectivity index (χ2v) is 9.16. The summed E-state index contributed by atoms with van der Waals surface area (Å²) in [6, 6.07) is 27.0. The number of nitrogens with zero attached hydrogens (tertiary/aromatic N) is 2. The van der Waals surface area contributed by atoms with E-state index in [1.165, 1.54) is 11.3 Å². The largest absolute Gasteiger partial charge is 0.489 e. The zero-order valence-electron chi connectivity index (χ0n) is 20.9. The molecule has 0 N–H and O–H groups in total. The van der Waals surface area contributed by atoms with Gasteiger partial charge in [0.15, 0.2) is 13.2 Å². The van der Waals surface area contributed by atoms with E-state index in [2.05, 4.69) is 5.10 Å². The van der Waals surface area contributed by atoms with Gasteiger partial charge in [-0.2, -0.15) is 5.10 Å². The third-order valence-corrected chi connectivity index (χ3v) is 6.25. The van der Waals surface area contributed by atoms with Crippen LogP contribution in [0.3, 0.4) is 0 Å². The number of benzene rings is 3. The first-order valence-electron chi connectivity index (χ1n) is 12.3. The molecular weight excluding hydrogens is 520 g/mol. The summed E-state index contributed by atoms with van der Waals surface area (Å²) in [4.78, 5) is 25.3. The third kappa shape index (κ3) is 6.86. The summed E-state index contributed by atoms with van der Waals surface area (Å²) < 4.78 is 22.0. The van der Waals surface area contributed by atoms with E-state index in [-0.39, 0.29) is 6.61 Å². The molecule has 5 rings (SSSR count). The van der Waals surface area contributed by atoms with Crippen molar-refractivity contribution in [3.63, 3.8) is 0 Å². The van der Waals surface area contributed by atoms with Crippen LogP contribution in [0.1, 0.15) is 29.3 Å². The monoisotopic (exact) mass is 544 g/mol. The van der Waals surface area contributed by atoms with Crippen molar-refractivity contribution in [2.75, 3.05) is 13.2 Å². The van der Waals surface area contributed by atoms with Crippen LogP contribution in [-0.2, 0) is 20.9 Å². The van der Waals surface area contributed by atoms with Gasteiger partial charge in [-0.25, -0.2) is 9.80 Å². The van der Waals surface area contributed by atoms with Crippen molar-refractivity contribution >= 4 is 29.2 Å². The van der Waals surface area contributed by atoms with Crippen molar-refractivity contribution in [2.24, 2.45) is 5.10 Å². The van der Waals surface area contributed by atoms with Crippen molar-refractivity contribution in [1.29, 1.82) is 0 Å². The van der Waals surface area contributed by atoms with Gasteiger partial charge in [-0.1, -0.05) is 54.1 Å². The van der Waals surface area contributed by atoms with Crippen LogP contribution in [0.15, 0.2) is 107 Å². The highest BCUT2D eigenvalue weighted by Gasteiger charge is 2.35. The quantitative estimate of drug-likeness (QED) is 0.234. The second-order valence-electron chi connectivity index (χ2n) is 8.72. The normalized spacial score (nSPS) is 14.5. The first-order chi connectivity index (χ1) is 19.0. The first-order valence-corrected chi connectivity index (χ1v) is 12.7. The molecule has 3 aromatic carbocycles. The molecule has 1 aliphatic rings. The van der Waals surface area contributed by atoms with E-state index in [1.54, 1.807) is 48.5 Å². The van der Waals surface area contributed by atoms with Crippen LogP contribution in [0, 0.1) is 0 Å². The summed E-state index contributed by atoms with van der Waals surface area (Å²) in [5.41, 5.74) is 2.60. The number of hydrazone groups is 1. The van der Waals surface area contributed by atoms with E-state index in [1.807, 2.05) is 42.5 Å². The Morgan fingerprint density at radius 2 is 1.59 bits per heavy atom. The molecule has 0 saturated heterocycles. The van der Waals surface area contributed by atoms with Crippen molar-refractivity contribution in [2.45, 2.75) is 19.1 Å². The van der Waals surface area contributed by atoms with Gasteiger partial charge in [0, 0.05) is 11.4 Å². The van der Waals surface area contributed by atoms with Gasteiger partial charge < -0.3 is 18.6 Å². The van der Waals surface area contributed by atoms with Crippen molar-refractivity contribution in [3.05, 3.63) is 119 Å². The molecule has 8 nitrogen and oxygen atoms in total. The highest BCUT2D eigenvalue weighted by atomic mass is 35.5. The molecule has 1 unspecified atom stereocenters. The minimum absolute atomic E-state index is 0.349. The number of amides is 1. The van der Waals surface area contributed by atoms with E-state index < -0.39 is 24.5 Å². The maximum absolute atomic E-state index is 13.0. The summed E-state index contributed by atoms with van der Waals surface area (Å²) in [6.45, 7) is -0.383. The van der Waals surface area contributed by atoms with E-state index in [0.29, 0.717) is 41.0 Å². The van der Waals surface area contributed by atoms with Crippen molar-refractivity contribution in [3.8, 4) is 11.5 Å². The fraction of sp³-hybridized carbons (Fsp3) is 0.167. The van der Waals surface area contributed by atoms with Crippen LogP contribution < -0.4 is 9.47 Å². The number of esters is 1. The van der Waals surface area contributed by atoms with Crippen LogP contribution in [-0.4, -0.2) is 35.8 Å². The smallest absolute Gasteiger partial charge is 0.344 e. The summed E-state index contributed by atoms with van der Waals surface area (Å²) in [5.74, 6) is 0.577. The van der Waals surface area contributed by atoms with Gasteiger partial charge in [0.2, 0.25) is 0 Å². The van der Waals surface area contributed by atoms with Crippen LogP contribution in [0.5, 0.6) is 11.5 Å². The lowest BCUT2D eigenvalue weighted by Gasteiger charge is -2.19. The van der Waals surface area contributed by atoms with Gasteiger partial charge in [-0.05, 0) is 59.7 Å². The van der Waals surface area contributed by atoms with Crippen molar-refractivity contribution in [1.82, 2.24) is 5.01 Å². The van der Waals surface area contributed by atoms with Crippen LogP contribution in [0.4, 0.5) is 0 Å². The lowest BCUT2D eigenvalue weighted by Crippen LogP contribution is -2.32.